The summed E-state index contributed by atoms with van der Waals surface area (Å²) in [4.78, 5) is 28.8. The molecule has 3 aromatic heterocycles. The molecular weight excluding hydrogens is 490 g/mol. The highest BCUT2D eigenvalue weighted by atomic mass is 16.5. The van der Waals surface area contributed by atoms with Gasteiger partial charge < -0.3 is 14.0 Å². The van der Waals surface area contributed by atoms with E-state index in [9.17, 15) is 4.79 Å². The highest BCUT2D eigenvalue weighted by Crippen LogP contribution is 2.29. The molecule has 0 amide bonds. The molecule has 0 N–H and O–H groups in total. The topological polar surface area (TPSA) is 84.1 Å². The predicted molar refractivity (Wildman–Crippen MR) is 153 cm³/mol. The highest BCUT2D eigenvalue weighted by molar-refractivity contribution is 6.04. The van der Waals surface area contributed by atoms with Crippen LogP contribution < -0.4 is 15.0 Å². The fourth-order valence-electron chi connectivity index (χ4n) is 5.05. The second-order valence-electron chi connectivity index (χ2n) is 9.71. The minimum absolute atomic E-state index is 0.113. The number of para-hydroxylation sites is 2. The fourth-order valence-corrected chi connectivity index (χ4v) is 5.05. The number of ether oxygens (including phenoxy) is 2. The summed E-state index contributed by atoms with van der Waals surface area (Å²) in [5.41, 5.74) is 6.52. The molecule has 0 saturated heterocycles. The molecule has 0 aliphatic carbocycles. The maximum absolute atomic E-state index is 14.0. The molecule has 8 nitrogen and oxygen atoms in total. The average molecular weight is 520 g/mol. The van der Waals surface area contributed by atoms with Gasteiger partial charge in [0.25, 0.3) is 5.56 Å². The van der Waals surface area contributed by atoms with Gasteiger partial charge in [0.15, 0.2) is 22.8 Å². The van der Waals surface area contributed by atoms with Crippen molar-refractivity contribution in [2.45, 2.75) is 33.4 Å². The molecular formula is C31H29N5O3. The van der Waals surface area contributed by atoms with Crippen LogP contribution in [0.15, 0.2) is 71.5 Å². The van der Waals surface area contributed by atoms with Crippen molar-refractivity contribution < 1.29 is 9.47 Å². The van der Waals surface area contributed by atoms with Gasteiger partial charge in [0.2, 0.25) is 0 Å². The van der Waals surface area contributed by atoms with E-state index in [2.05, 4.69) is 19.1 Å². The van der Waals surface area contributed by atoms with Crippen LogP contribution in [0.2, 0.25) is 0 Å². The summed E-state index contributed by atoms with van der Waals surface area (Å²) in [5.74, 6) is 2.01. The zero-order valence-electron chi connectivity index (χ0n) is 22.4. The van der Waals surface area contributed by atoms with Crippen molar-refractivity contribution in [2.24, 2.45) is 0 Å². The van der Waals surface area contributed by atoms with Crippen molar-refractivity contribution in [1.29, 1.82) is 0 Å². The molecule has 6 rings (SSSR count). The van der Waals surface area contributed by atoms with Gasteiger partial charge in [-0.15, -0.1) is 0 Å². The molecule has 0 saturated carbocycles. The third kappa shape index (κ3) is 4.37. The molecule has 0 aliphatic rings. The van der Waals surface area contributed by atoms with Gasteiger partial charge >= 0.3 is 0 Å². The van der Waals surface area contributed by atoms with E-state index in [-0.39, 0.29) is 5.56 Å². The number of nitrogens with zero attached hydrogens (tertiary/aromatic N) is 5. The monoisotopic (exact) mass is 519 g/mol. The summed E-state index contributed by atoms with van der Waals surface area (Å²) < 4.78 is 14.6. The highest BCUT2D eigenvalue weighted by Gasteiger charge is 2.21. The Bertz CT molecular complexity index is 1900. The quantitative estimate of drug-likeness (QED) is 0.288. The first kappa shape index (κ1) is 24.6. The molecule has 0 unspecified atom stereocenters. The largest absolute Gasteiger partial charge is 0.493 e. The summed E-state index contributed by atoms with van der Waals surface area (Å²) in [6.45, 7) is 4.93. The lowest BCUT2D eigenvalue weighted by Gasteiger charge is -2.12. The standard InChI is InChI=1S/C31H29N5O3/c1-19-9-11-22(12-10-19)18-36-20(2)32-29-27(31(36)37)28-30(34-24-8-6-5-7-23(24)33-28)35(29)16-15-21-13-14-25(38-3)26(17-21)39-4/h5-14,17H,15-16,18H2,1-4H3. The van der Waals surface area contributed by atoms with Gasteiger partial charge in [-0.25, -0.2) is 15.0 Å². The lowest BCUT2D eigenvalue weighted by atomic mass is 10.1. The molecule has 0 atom stereocenters. The maximum atomic E-state index is 14.0. The van der Waals surface area contributed by atoms with Crippen molar-refractivity contribution in [3.05, 3.63) is 99.6 Å². The molecule has 196 valence electrons. The van der Waals surface area contributed by atoms with Crippen LogP contribution in [-0.2, 0) is 19.5 Å². The molecule has 8 heteroatoms. The van der Waals surface area contributed by atoms with Crippen LogP contribution in [0.5, 0.6) is 11.5 Å². The SMILES string of the molecule is COc1ccc(CCn2c3nc4ccccc4nc3c3c(=O)n(Cc4ccc(C)cc4)c(C)nc32)cc1OC. The zero-order chi connectivity index (χ0) is 27.1. The lowest BCUT2D eigenvalue weighted by Crippen LogP contribution is -2.24. The first-order chi connectivity index (χ1) is 19.0. The third-order valence-corrected chi connectivity index (χ3v) is 7.17. The minimum atomic E-state index is -0.113. The van der Waals surface area contributed by atoms with Crippen molar-refractivity contribution in [1.82, 2.24) is 24.1 Å². The van der Waals surface area contributed by atoms with Crippen LogP contribution in [0.25, 0.3) is 33.2 Å². The van der Waals surface area contributed by atoms with Crippen LogP contribution in [0.3, 0.4) is 0 Å². The molecule has 0 spiro atoms. The van der Waals surface area contributed by atoms with Gasteiger partial charge in [-0.2, -0.15) is 0 Å². The van der Waals surface area contributed by atoms with Crippen molar-refractivity contribution in [3.63, 3.8) is 0 Å². The Balaban J connectivity index is 1.52. The molecule has 0 radical (unpaired) electrons. The number of aromatic nitrogens is 5. The molecule has 3 heterocycles. The van der Waals surface area contributed by atoms with E-state index in [4.69, 9.17) is 24.4 Å². The van der Waals surface area contributed by atoms with E-state index in [0.29, 0.717) is 59.0 Å². The van der Waals surface area contributed by atoms with Crippen LogP contribution in [0, 0.1) is 13.8 Å². The van der Waals surface area contributed by atoms with E-state index in [1.54, 1.807) is 18.8 Å². The third-order valence-electron chi connectivity index (χ3n) is 7.17. The smallest absolute Gasteiger partial charge is 0.265 e. The van der Waals surface area contributed by atoms with E-state index in [1.165, 1.54) is 5.56 Å². The Morgan fingerprint density at radius 1 is 0.744 bits per heavy atom. The summed E-state index contributed by atoms with van der Waals surface area (Å²) >= 11 is 0. The number of benzene rings is 3. The summed E-state index contributed by atoms with van der Waals surface area (Å²) in [7, 11) is 3.25. The van der Waals surface area contributed by atoms with E-state index >= 15 is 0 Å². The minimum Gasteiger partial charge on any atom is -0.493 e. The van der Waals surface area contributed by atoms with Crippen molar-refractivity contribution >= 4 is 33.2 Å². The summed E-state index contributed by atoms with van der Waals surface area (Å²) in [5, 5.41) is 0.494. The predicted octanol–water partition coefficient (Wildman–Crippen LogP) is 5.22. The number of methoxy groups -OCH3 is 2. The number of fused-ring (bicyclic) bond motifs is 4. The second kappa shape index (κ2) is 9.87. The Hall–Kier alpha value is -4.72. The van der Waals surface area contributed by atoms with Gasteiger partial charge in [-0.3, -0.25) is 9.36 Å². The van der Waals surface area contributed by atoms with E-state index in [0.717, 1.165) is 22.2 Å². The van der Waals surface area contributed by atoms with Gasteiger partial charge in [-0.1, -0.05) is 48.0 Å². The van der Waals surface area contributed by atoms with Crippen molar-refractivity contribution in [2.75, 3.05) is 14.2 Å². The molecule has 6 aromatic rings. The number of hydrogen-bond acceptors (Lipinski definition) is 6. The number of aryl methyl sites for hydroxylation is 4. The average Bonchev–Trinajstić information content (AvgIpc) is 3.25. The molecule has 0 bridgehead atoms. The van der Waals surface area contributed by atoms with E-state index < -0.39 is 0 Å². The Morgan fingerprint density at radius 3 is 2.15 bits per heavy atom. The van der Waals surface area contributed by atoms with Gasteiger partial charge in [0.05, 0.1) is 31.8 Å². The molecule has 3 aromatic carbocycles. The maximum Gasteiger partial charge on any atom is 0.265 e. The normalized spacial score (nSPS) is 11.5. The molecule has 0 aliphatic heterocycles. The molecule has 39 heavy (non-hydrogen) atoms. The van der Waals surface area contributed by atoms with Gasteiger partial charge in [0.1, 0.15) is 16.7 Å². The van der Waals surface area contributed by atoms with Crippen LogP contribution in [0.4, 0.5) is 0 Å². The Labute approximate surface area is 225 Å². The Morgan fingerprint density at radius 2 is 1.44 bits per heavy atom. The number of rotatable bonds is 7. The fraction of sp³-hybridized carbons (Fsp3) is 0.226. The lowest BCUT2D eigenvalue weighted by molar-refractivity contribution is 0.354. The van der Waals surface area contributed by atoms with Crippen LogP contribution in [0.1, 0.15) is 22.5 Å². The second-order valence-corrected chi connectivity index (χ2v) is 9.71. The summed E-state index contributed by atoms with van der Waals surface area (Å²) in [6.07, 6.45) is 0.681. The van der Waals surface area contributed by atoms with Gasteiger partial charge in [-0.05, 0) is 55.7 Å². The summed E-state index contributed by atoms with van der Waals surface area (Å²) in [6, 6.07) is 21.8. The van der Waals surface area contributed by atoms with E-state index in [1.807, 2.05) is 66.1 Å². The zero-order valence-corrected chi connectivity index (χ0v) is 22.4. The first-order valence-electron chi connectivity index (χ1n) is 12.9. The number of hydrogen-bond donors (Lipinski definition) is 0. The van der Waals surface area contributed by atoms with Crippen LogP contribution in [-0.4, -0.2) is 38.3 Å². The van der Waals surface area contributed by atoms with Crippen molar-refractivity contribution in [3.8, 4) is 11.5 Å². The first-order valence-corrected chi connectivity index (χ1v) is 12.9. The Kier molecular flexibility index (Phi) is 6.23. The molecule has 0 fully saturated rings. The van der Waals surface area contributed by atoms with Crippen LogP contribution >= 0.6 is 0 Å². The van der Waals surface area contributed by atoms with Gasteiger partial charge in [0, 0.05) is 6.54 Å².